The number of benzene rings is 2. The highest BCUT2D eigenvalue weighted by Crippen LogP contribution is 2.45. The second-order valence-electron chi connectivity index (χ2n) is 8.33. The molecule has 8 heteroatoms. The highest BCUT2D eigenvalue weighted by Gasteiger charge is 2.43. The molecule has 186 valence electrons. The summed E-state index contributed by atoms with van der Waals surface area (Å²) in [6.07, 6.45) is 3.90. The number of carbonyl (C=O) groups excluding carboxylic acids is 2. The van der Waals surface area contributed by atoms with Crippen LogP contribution in [0, 0.1) is 0 Å². The number of pyridine rings is 1. The van der Waals surface area contributed by atoms with E-state index in [9.17, 15) is 14.7 Å². The first-order valence-electron chi connectivity index (χ1n) is 11.5. The summed E-state index contributed by atoms with van der Waals surface area (Å²) in [5.41, 5.74) is 2.35. The van der Waals surface area contributed by atoms with E-state index < -0.39 is 17.7 Å². The Kier molecular flexibility index (Phi) is 7.53. The number of hydrogen-bond donors (Lipinski definition) is 1. The summed E-state index contributed by atoms with van der Waals surface area (Å²) in [5.74, 6) is -0.336. The van der Waals surface area contributed by atoms with Gasteiger partial charge in [0.25, 0.3) is 5.91 Å². The molecule has 0 bridgehead atoms. The lowest BCUT2D eigenvalue weighted by Crippen LogP contribution is -2.30. The van der Waals surface area contributed by atoms with Crippen molar-refractivity contribution in [3.8, 4) is 17.2 Å². The highest BCUT2D eigenvalue weighted by molar-refractivity contribution is 6.09. The van der Waals surface area contributed by atoms with Crippen LogP contribution in [0.1, 0.15) is 29.2 Å². The zero-order valence-corrected chi connectivity index (χ0v) is 20.4. The Balaban J connectivity index is 1.77. The number of ketones is 1. The molecular weight excluding hydrogens is 460 g/mol. The lowest BCUT2D eigenvalue weighted by atomic mass is 9.92. The third kappa shape index (κ3) is 4.88. The van der Waals surface area contributed by atoms with Crippen molar-refractivity contribution in [1.82, 2.24) is 9.88 Å². The number of Topliss-reactive ketones (excluding diaryl/α,β-unsaturated/α-hetero) is 1. The van der Waals surface area contributed by atoms with Crippen LogP contribution in [0.25, 0.3) is 0 Å². The number of methoxy groups -OCH3 is 3. The smallest absolute Gasteiger partial charge is 0.290 e. The van der Waals surface area contributed by atoms with Gasteiger partial charge in [-0.3, -0.25) is 14.6 Å². The van der Waals surface area contributed by atoms with E-state index in [0.717, 1.165) is 11.1 Å². The standard InChI is InChI=1S/C28H28N2O6/c1-34-22-14-20(15-23(35-2)27(22)36-3)25-24(21(31)12-11-18-8-5-4-6-9-18)26(32)28(33)30(25)17-19-10-7-13-29-16-19/h4-10,13-16,25,32H,11-12,17H2,1-3H3. The topological polar surface area (TPSA) is 98.2 Å². The molecule has 1 aromatic heterocycles. The molecule has 1 amide bonds. The number of aliphatic hydroxyl groups is 1. The van der Waals surface area contributed by atoms with E-state index in [1.807, 2.05) is 36.4 Å². The molecule has 1 aliphatic rings. The number of amides is 1. The Labute approximate surface area is 209 Å². The number of hydrogen-bond acceptors (Lipinski definition) is 7. The van der Waals surface area contributed by atoms with E-state index in [2.05, 4.69) is 4.98 Å². The van der Waals surface area contributed by atoms with E-state index >= 15 is 0 Å². The predicted octanol–water partition coefficient (Wildman–Crippen LogP) is 4.20. The number of aliphatic hydroxyl groups excluding tert-OH is 1. The van der Waals surface area contributed by atoms with Crippen molar-refractivity contribution in [2.45, 2.75) is 25.4 Å². The quantitative estimate of drug-likeness (QED) is 0.457. The molecule has 0 saturated carbocycles. The Morgan fingerprint density at radius 3 is 2.22 bits per heavy atom. The molecule has 1 unspecified atom stereocenters. The van der Waals surface area contributed by atoms with Gasteiger partial charge in [-0.25, -0.2) is 0 Å². The fourth-order valence-corrected chi connectivity index (χ4v) is 4.43. The maximum absolute atomic E-state index is 13.5. The fourth-order valence-electron chi connectivity index (χ4n) is 4.43. The van der Waals surface area contributed by atoms with Gasteiger partial charge in [-0.2, -0.15) is 0 Å². The van der Waals surface area contributed by atoms with Crippen molar-refractivity contribution in [1.29, 1.82) is 0 Å². The zero-order chi connectivity index (χ0) is 25.7. The van der Waals surface area contributed by atoms with Crippen molar-refractivity contribution in [3.05, 3.63) is 95.0 Å². The van der Waals surface area contributed by atoms with Crippen molar-refractivity contribution < 1.29 is 28.9 Å². The summed E-state index contributed by atoms with van der Waals surface area (Å²) in [7, 11) is 4.49. The van der Waals surface area contributed by atoms with Crippen LogP contribution in [0.2, 0.25) is 0 Å². The molecule has 0 saturated heterocycles. The fraction of sp³-hybridized carbons (Fsp3) is 0.250. The van der Waals surface area contributed by atoms with Gasteiger partial charge in [-0.15, -0.1) is 0 Å². The van der Waals surface area contributed by atoms with E-state index in [0.29, 0.717) is 29.2 Å². The summed E-state index contributed by atoms with van der Waals surface area (Å²) < 4.78 is 16.4. The lowest BCUT2D eigenvalue weighted by Gasteiger charge is -2.28. The van der Waals surface area contributed by atoms with Gasteiger partial charge in [0.05, 0.1) is 32.9 Å². The van der Waals surface area contributed by atoms with Crippen LogP contribution in [0.3, 0.4) is 0 Å². The zero-order valence-electron chi connectivity index (χ0n) is 20.4. The summed E-state index contributed by atoms with van der Waals surface area (Å²) in [6.45, 7) is 0.146. The van der Waals surface area contributed by atoms with Crippen molar-refractivity contribution in [3.63, 3.8) is 0 Å². The number of carbonyl (C=O) groups is 2. The molecule has 8 nitrogen and oxygen atoms in total. The molecule has 0 spiro atoms. The minimum atomic E-state index is -0.852. The third-order valence-electron chi connectivity index (χ3n) is 6.17. The van der Waals surface area contributed by atoms with Gasteiger partial charge >= 0.3 is 0 Å². The summed E-state index contributed by atoms with van der Waals surface area (Å²) in [5, 5.41) is 10.9. The van der Waals surface area contributed by atoms with Crippen LogP contribution in [0.4, 0.5) is 0 Å². The van der Waals surface area contributed by atoms with Gasteiger partial charge in [0, 0.05) is 25.4 Å². The van der Waals surface area contributed by atoms with Crippen LogP contribution in [-0.4, -0.2) is 48.0 Å². The van der Waals surface area contributed by atoms with Gasteiger partial charge in [-0.1, -0.05) is 36.4 Å². The summed E-state index contributed by atoms with van der Waals surface area (Å²) in [6, 6.07) is 15.7. The molecule has 36 heavy (non-hydrogen) atoms. The Bertz CT molecular complexity index is 1250. The van der Waals surface area contributed by atoms with E-state index in [1.165, 1.54) is 26.2 Å². The number of aromatic nitrogens is 1. The molecule has 1 N–H and O–H groups in total. The number of nitrogens with zero attached hydrogens (tertiary/aromatic N) is 2. The monoisotopic (exact) mass is 488 g/mol. The van der Waals surface area contributed by atoms with Crippen LogP contribution in [0.15, 0.2) is 78.3 Å². The van der Waals surface area contributed by atoms with Gasteiger partial charge in [-0.05, 0) is 41.3 Å². The van der Waals surface area contributed by atoms with Crippen molar-refractivity contribution in [2.24, 2.45) is 0 Å². The molecule has 1 atom stereocenters. The van der Waals surface area contributed by atoms with Gasteiger partial charge in [0.2, 0.25) is 5.75 Å². The number of ether oxygens (including phenoxy) is 3. The molecular formula is C28H28N2O6. The average molecular weight is 489 g/mol. The first kappa shape index (κ1) is 24.8. The molecule has 1 aliphatic heterocycles. The maximum atomic E-state index is 13.5. The molecule has 2 aromatic carbocycles. The van der Waals surface area contributed by atoms with Crippen LogP contribution in [0.5, 0.6) is 17.2 Å². The average Bonchev–Trinajstić information content (AvgIpc) is 3.17. The van der Waals surface area contributed by atoms with Gasteiger partial charge in [0.1, 0.15) is 0 Å². The SMILES string of the molecule is COc1cc(C2C(C(=O)CCc3ccccc3)=C(O)C(=O)N2Cc2cccnc2)cc(OC)c1OC. The minimum Gasteiger partial charge on any atom is -0.503 e. The summed E-state index contributed by atoms with van der Waals surface area (Å²) in [4.78, 5) is 32.4. The second kappa shape index (κ2) is 10.9. The third-order valence-corrected chi connectivity index (χ3v) is 6.17. The molecule has 0 aliphatic carbocycles. The Morgan fingerprint density at radius 2 is 1.64 bits per heavy atom. The van der Waals surface area contributed by atoms with E-state index in [4.69, 9.17) is 14.2 Å². The molecule has 2 heterocycles. The maximum Gasteiger partial charge on any atom is 0.290 e. The molecule has 0 fully saturated rings. The van der Waals surface area contributed by atoms with Crippen molar-refractivity contribution >= 4 is 11.7 Å². The normalized spacial score (nSPS) is 15.2. The van der Waals surface area contributed by atoms with Crippen LogP contribution < -0.4 is 14.2 Å². The van der Waals surface area contributed by atoms with E-state index in [-0.39, 0.29) is 24.3 Å². The second-order valence-corrected chi connectivity index (χ2v) is 8.33. The highest BCUT2D eigenvalue weighted by atomic mass is 16.5. The number of rotatable bonds is 10. The van der Waals surface area contributed by atoms with E-state index in [1.54, 1.807) is 30.6 Å². The van der Waals surface area contributed by atoms with Gasteiger partial charge < -0.3 is 24.2 Å². The molecule has 0 radical (unpaired) electrons. The largest absolute Gasteiger partial charge is 0.503 e. The molecule has 4 rings (SSSR count). The molecule has 3 aromatic rings. The Hall–Kier alpha value is -4.33. The number of aryl methyl sites for hydroxylation is 1. The first-order valence-corrected chi connectivity index (χ1v) is 11.5. The van der Waals surface area contributed by atoms with Gasteiger partial charge in [0.15, 0.2) is 23.0 Å². The van der Waals surface area contributed by atoms with Crippen LogP contribution >= 0.6 is 0 Å². The van der Waals surface area contributed by atoms with Crippen molar-refractivity contribution in [2.75, 3.05) is 21.3 Å². The lowest BCUT2D eigenvalue weighted by molar-refractivity contribution is -0.130. The van der Waals surface area contributed by atoms with Crippen LogP contribution in [-0.2, 0) is 22.6 Å². The summed E-state index contributed by atoms with van der Waals surface area (Å²) >= 11 is 0. The first-order chi connectivity index (χ1) is 17.5. The predicted molar refractivity (Wildman–Crippen MR) is 133 cm³/mol. The minimum absolute atomic E-state index is 0.0501. The Morgan fingerprint density at radius 1 is 0.972 bits per heavy atom.